The van der Waals surface area contributed by atoms with Crippen molar-refractivity contribution < 1.29 is 28.6 Å². The maximum Gasteiger partial charge on any atom is 0.328 e. The number of esters is 1. The molecule has 1 aliphatic rings. The van der Waals surface area contributed by atoms with Crippen LogP contribution in [0.2, 0.25) is 0 Å². The minimum Gasteiger partial charge on any atom is -0.461 e. The highest BCUT2D eigenvalue weighted by molar-refractivity contribution is 6.25. The summed E-state index contributed by atoms with van der Waals surface area (Å²) in [6.45, 7) is 3.40. The number of hydrogen-bond acceptors (Lipinski definition) is 5. The largest absolute Gasteiger partial charge is 0.461 e. The zero-order valence-electron chi connectivity index (χ0n) is 14.4. The van der Waals surface area contributed by atoms with Crippen LogP contribution in [0.15, 0.2) is 0 Å². The minimum atomic E-state index is -0.955. The summed E-state index contributed by atoms with van der Waals surface area (Å²) in [7, 11) is 1.48. The van der Waals surface area contributed by atoms with Crippen LogP contribution in [0.5, 0.6) is 0 Å². The summed E-state index contributed by atoms with van der Waals surface area (Å²) in [6.07, 6.45) is 3.38. The van der Waals surface area contributed by atoms with E-state index in [4.69, 9.17) is 15.0 Å². The third-order valence-electron chi connectivity index (χ3n) is 4.04. The standard InChI is InChI=1S/C16H25N3O5/c1-11(2)24-14(21)13(7-6-12(20)10-18-17)19-15(22)16(23-3)8-4-5-9-16/h10-11,13H,4-9H2,1-3H3,(H,19,22)/t13-/m0/s1. The molecule has 0 aliphatic heterocycles. The van der Waals surface area contributed by atoms with Gasteiger partial charge in [-0.1, -0.05) is 0 Å². The molecule has 1 atom stereocenters. The Morgan fingerprint density at radius 3 is 2.42 bits per heavy atom. The average Bonchev–Trinajstić information content (AvgIpc) is 3.01. The Morgan fingerprint density at radius 2 is 1.92 bits per heavy atom. The Bertz CT molecular complexity index is 520. The summed E-state index contributed by atoms with van der Waals surface area (Å²) in [5.74, 6) is -1.41. The van der Waals surface area contributed by atoms with E-state index in [9.17, 15) is 14.4 Å². The first kappa shape index (κ1) is 20.0. The number of ketones is 1. The van der Waals surface area contributed by atoms with Crippen molar-refractivity contribution in [1.82, 2.24) is 5.32 Å². The summed E-state index contributed by atoms with van der Waals surface area (Å²) in [6, 6.07) is -0.955. The summed E-state index contributed by atoms with van der Waals surface area (Å²) in [5, 5.41) is 2.66. The van der Waals surface area contributed by atoms with Crippen molar-refractivity contribution in [3.8, 4) is 0 Å². The Morgan fingerprint density at radius 1 is 1.29 bits per heavy atom. The van der Waals surface area contributed by atoms with Gasteiger partial charge >= 0.3 is 12.2 Å². The third-order valence-corrected chi connectivity index (χ3v) is 4.04. The van der Waals surface area contributed by atoms with E-state index >= 15 is 0 Å². The molecule has 0 heterocycles. The fourth-order valence-electron chi connectivity index (χ4n) is 2.74. The van der Waals surface area contributed by atoms with Crippen molar-refractivity contribution >= 4 is 23.9 Å². The third kappa shape index (κ3) is 5.54. The fourth-order valence-corrected chi connectivity index (χ4v) is 2.74. The van der Waals surface area contributed by atoms with Crippen LogP contribution in [0, 0.1) is 0 Å². The topological polar surface area (TPSA) is 118 Å². The first-order valence-electron chi connectivity index (χ1n) is 8.11. The van der Waals surface area contributed by atoms with Crippen molar-refractivity contribution in [3.05, 3.63) is 5.53 Å². The highest BCUT2D eigenvalue weighted by Gasteiger charge is 2.42. The summed E-state index contributed by atoms with van der Waals surface area (Å²) in [4.78, 5) is 38.9. The fraction of sp³-hybridized carbons (Fsp3) is 0.750. The molecule has 0 aromatic carbocycles. The summed E-state index contributed by atoms with van der Waals surface area (Å²) in [5.41, 5.74) is 7.43. The number of nitrogens with zero attached hydrogens (tertiary/aromatic N) is 2. The number of rotatable bonds is 9. The number of nitrogens with one attached hydrogen (secondary N) is 1. The Hall–Kier alpha value is -2.05. The highest BCUT2D eigenvalue weighted by Crippen LogP contribution is 2.33. The van der Waals surface area contributed by atoms with Crippen LogP contribution < -0.4 is 5.32 Å². The van der Waals surface area contributed by atoms with Gasteiger partial charge in [-0.25, -0.2) is 4.79 Å². The van der Waals surface area contributed by atoms with Gasteiger partial charge in [0.1, 0.15) is 11.6 Å². The second-order valence-corrected chi connectivity index (χ2v) is 6.17. The monoisotopic (exact) mass is 339 g/mol. The molecule has 1 saturated carbocycles. The first-order valence-corrected chi connectivity index (χ1v) is 8.11. The summed E-state index contributed by atoms with van der Waals surface area (Å²) < 4.78 is 10.5. The number of ether oxygens (including phenoxy) is 2. The van der Waals surface area contributed by atoms with Gasteiger partial charge in [-0.05, 0) is 46.0 Å². The predicted molar refractivity (Wildman–Crippen MR) is 85.3 cm³/mol. The molecular weight excluding hydrogens is 314 g/mol. The van der Waals surface area contributed by atoms with Gasteiger partial charge in [0.25, 0.3) is 5.91 Å². The van der Waals surface area contributed by atoms with E-state index in [1.807, 2.05) is 0 Å². The van der Waals surface area contributed by atoms with Crippen molar-refractivity contribution in [2.75, 3.05) is 7.11 Å². The van der Waals surface area contributed by atoms with Crippen molar-refractivity contribution in [1.29, 1.82) is 0 Å². The molecule has 1 amide bonds. The molecular formula is C16H25N3O5. The van der Waals surface area contributed by atoms with Gasteiger partial charge in [-0.2, -0.15) is 4.79 Å². The van der Waals surface area contributed by atoms with Gasteiger partial charge in [0.2, 0.25) is 5.78 Å². The lowest BCUT2D eigenvalue weighted by molar-refractivity contribution is -0.155. The molecule has 0 saturated heterocycles. The van der Waals surface area contributed by atoms with Crippen LogP contribution in [0.25, 0.3) is 5.53 Å². The van der Waals surface area contributed by atoms with Gasteiger partial charge in [0, 0.05) is 13.5 Å². The molecule has 0 spiro atoms. The number of carbonyl (C=O) groups excluding carboxylic acids is 3. The predicted octanol–water partition coefficient (Wildman–Crippen LogP) is 1.03. The molecule has 0 aromatic heterocycles. The smallest absolute Gasteiger partial charge is 0.328 e. The quantitative estimate of drug-likeness (QED) is 0.291. The molecule has 1 aliphatic carbocycles. The lowest BCUT2D eigenvalue weighted by atomic mass is 9.99. The lowest BCUT2D eigenvalue weighted by Gasteiger charge is -2.28. The van der Waals surface area contributed by atoms with E-state index in [0.29, 0.717) is 12.8 Å². The molecule has 0 aromatic rings. The second-order valence-electron chi connectivity index (χ2n) is 6.17. The van der Waals surface area contributed by atoms with E-state index < -0.39 is 23.4 Å². The average molecular weight is 339 g/mol. The van der Waals surface area contributed by atoms with Crippen LogP contribution in [0.1, 0.15) is 52.4 Å². The van der Waals surface area contributed by atoms with Crippen LogP contribution in [-0.2, 0) is 23.9 Å². The van der Waals surface area contributed by atoms with E-state index in [1.54, 1.807) is 13.8 Å². The molecule has 24 heavy (non-hydrogen) atoms. The maximum absolute atomic E-state index is 12.6. The zero-order chi connectivity index (χ0) is 18.2. The lowest BCUT2D eigenvalue weighted by Crippen LogP contribution is -2.52. The van der Waals surface area contributed by atoms with Gasteiger partial charge < -0.3 is 20.3 Å². The Balaban J connectivity index is 2.79. The number of carbonyl (C=O) groups is 3. The van der Waals surface area contributed by atoms with E-state index in [2.05, 4.69) is 10.1 Å². The number of methoxy groups -OCH3 is 1. The minimum absolute atomic E-state index is 0.0534. The molecule has 0 bridgehead atoms. The van der Waals surface area contributed by atoms with Gasteiger partial charge in [0.15, 0.2) is 0 Å². The highest BCUT2D eigenvalue weighted by atomic mass is 16.5. The number of Topliss-reactive ketones (excluding diaryl/α,β-unsaturated/α-hetero) is 1. The van der Waals surface area contributed by atoms with Crippen LogP contribution in [0.4, 0.5) is 0 Å². The molecule has 1 fully saturated rings. The zero-order valence-corrected chi connectivity index (χ0v) is 14.4. The van der Waals surface area contributed by atoms with Crippen LogP contribution in [0.3, 0.4) is 0 Å². The molecule has 1 rings (SSSR count). The van der Waals surface area contributed by atoms with Crippen LogP contribution in [-0.4, -0.2) is 53.5 Å². The van der Waals surface area contributed by atoms with E-state index in [1.165, 1.54) is 7.11 Å². The Labute approximate surface area is 141 Å². The number of hydrogen-bond donors (Lipinski definition) is 1. The molecule has 8 heteroatoms. The summed E-state index contributed by atoms with van der Waals surface area (Å²) >= 11 is 0. The molecule has 134 valence electrons. The van der Waals surface area contributed by atoms with Crippen LogP contribution >= 0.6 is 0 Å². The number of amides is 1. The maximum atomic E-state index is 12.6. The Kier molecular flexibility index (Phi) is 7.74. The van der Waals surface area contributed by atoms with Gasteiger partial charge in [-0.3, -0.25) is 9.59 Å². The normalized spacial score (nSPS) is 17.0. The molecule has 0 unspecified atom stereocenters. The van der Waals surface area contributed by atoms with E-state index in [-0.39, 0.29) is 24.9 Å². The molecule has 0 radical (unpaired) electrons. The van der Waals surface area contributed by atoms with Crippen molar-refractivity contribution in [2.24, 2.45) is 0 Å². The second kappa shape index (κ2) is 9.30. The van der Waals surface area contributed by atoms with E-state index in [0.717, 1.165) is 19.1 Å². The molecule has 8 nitrogen and oxygen atoms in total. The van der Waals surface area contributed by atoms with Crippen molar-refractivity contribution in [2.45, 2.75) is 70.1 Å². The first-order chi connectivity index (χ1) is 11.3. The van der Waals surface area contributed by atoms with Gasteiger partial charge in [0.05, 0.1) is 6.10 Å². The van der Waals surface area contributed by atoms with Gasteiger partial charge in [-0.15, -0.1) is 0 Å². The van der Waals surface area contributed by atoms with Crippen molar-refractivity contribution in [3.63, 3.8) is 0 Å². The molecule has 1 N–H and O–H groups in total. The SMILES string of the molecule is COC1(C(=O)N[C@@H](CCC(=O)C=[N+]=[N-])C(=O)OC(C)C)CCCC1.